The lowest BCUT2D eigenvalue weighted by molar-refractivity contribution is 0.101. The van der Waals surface area contributed by atoms with Crippen molar-refractivity contribution >= 4 is 11.9 Å². The molecule has 1 aromatic carbocycles. The Morgan fingerprint density at radius 1 is 1.14 bits per heavy atom. The second-order valence-corrected chi connectivity index (χ2v) is 4.46. The van der Waals surface area contributed by atoms with Crippen LogP contribution in [0, 0.1) is 6.92 Å². The maximum atomic E-state index is 11.9. The number of hydrogen-bond acceptors (Lipinski definition) is 5. The van der Waals surface area contributed by atoms with Crippen molar-refractivity contribution in [3.63, 3.8) is 0 Å². The molecule has 0 aliphatic carbocycles. The molecule has 6 heteroatoms. The van der Waals surface area contributed by atoms with E-state index in [1.54, 1.807) is 24.4 Å². The molecule has 0 atom stereocenters. The molecule has 0 bridgehead atoms. The van der Waals surface area contributed by atoms with Gasteiger partial charge in [-0.2, -0.15) is 4.98 Å². The van der Waals surface area contributed by atoms with Gasteiger partial charge < -0.3 is 4.52 Å². The first-order chi connectivity index (χ1) is 10.2. The first-order valence-electron chi connectivity index (χ1n) is 6.35. The number of benzene rings is 1. The van der Waals surface area contributed by atoms with Gasteiger partial charge in [-0.25, -0.2) is 0 Å². The Labute approximate surface area is 120 Å². The quantitative estimate of drug-likeness (QED) is 0.797. The maximum Gasteiger partial charge on any atom is 0.328 e. The summed E-state index contributed by atoms with van der Waals surface area (Å²) < 4.78 is 5.02. The molecule has 0 saturated heterocycles. The lowest BCUT2D eigenvalue weighted by Gasteiger charge is -1.98. The fraction of sp³-hybridized carbons (Fsp3) is 0.0667. The summed E-state index contributed by atoms with van der Waals surface area (Å²) in [5, 5.41) is 6.36. The van der Waals surface area contributed by atoms with Gasteiger partial charge in [-0.05, 0) is 19.1 Å². The SMILES string of the molecule is Cc1ccc(-c2noc(NC(=O)c3ccccn3)n2)cc1. The minimum atomic E-state index is -0.394. The summed E-state index contributed by atoms with van der Waals surface area (Å²) in [4.78, 5) is 20.0. The fourth-order valence-corrected chi connectivity index (χ4v) is 1.75. The lowest BCUT2D eigenvalue weighted by atomic mass is 10.1. The zero-order valence-electron chi connectivity index (χ0n) is 11.3. The summed E-state index contributed by atoms with van der Waals surface area (Å²) in [5.74, 6) is 0.0287. The van der Waals surface area contributed by atoms with Crippen molar-refractivity contribution in [3.05, 3.63) is 59.9 Å². The number of nitrogens with one attached hydrogen (secondary N) is 1. The Bertz CT molecular complexity index is 751. The van der Waals surface area contributed by atoms with E-state index in [4.69, 9.17) is 4.52 Å². The predicted octanol–water partition coefficient (Wildman–Crippen LogP) is 2.69. The van der Waals surface area contributed by atoms with Gasteiger partial charge in [0.2, 0.25) is 5.82 Å². The Morgan fingerprint density at radius 2 is 1.95 bits per heavy atom. The van der Waals surface area contributed by atoms with Gasteiger partial charge in [0, 0.05) is 11.8 Å². The Morgan fingerprint density at radius 3 is 2.67 bits per heavy atom. The maximum absolute atomic E-state index is 11.9. The Hall–Kier alpha value is -3.02. The summed E-state index contributed by atoms with van der Waals surface area (Å²) in [5.41, 5.74) is 2.25. The van der Waals surface area contributed by atoms with Crippen molar-refractivity contribution in [2.75, 3.05) is 5.32 Å². The van der Waals surface area contributed by atoms with Crippen LogP contribution in [0.15, 0.2) is 53.2 Å². The molecule has 0 unspecified atom stereocenters. The van der Waals surface area contributed by atoms with Gasteiger partial charge in [0.05, 0.1) is 0 Å². The van der Waals surface area contributed by atoms with Crippen LogP contribution in [0.2, 0.25) is 0 Å². The van der Waals surface area contributed by atoms with E-state index in [1.165, 1.54) is 0 Å². The molecule has 0 spiro atoms. The molecular weight excluding hydrogens is 268 g/mol. The van der Waals surface area contributed by atoms with E-state index in [1.807, 2.05) is 31.2 Å². The van der Waals surface area contributed by atoms with Crippen LogP contribution in [-0.2, 0) is 0 Å². The van der Waals surface area contributed by atoms with E-state index in [-0.39, 0.29) is 11.7 Å². The number of anilines is 1. The van der Waals surface area contributed by atoms with E-state index in [0.717, 1.165) is 11.1 Å². The average Bonchev–Trinajstić information content (AvgIpc) is 2.97. The highest BCUT2D eigenvalue weighted by atomic mass is 16.5. The molecule has 21 heavy (non-hydrogen) atoms. The summed E-state index contributed by atoms with van der Waals surface area (Å²) in [6, 6.07) is 12.8. The molecule has 0 aliphatic heterocycles. The molecule has 1 amide bonds. The first-order valence-corrected chi connectivity index (χ1v) is 6.35. The van der Waals surface area contributed by atoms with Crippen molar-refractivity contribution in [1.29, 1.82) is 0 Å². The largest absolute Gasteiger partial charge is 0.328 e. The molecule has 0 fully saturated rings. The van der Waals surface area contributed by atoms with E-state index in [9.17, 15) is 4.79 Å². The fourth-order valence-electron chi connectivity index (χ4n) is 1.75. The summed E-state index contributed by atoms with van der Waals surface area (Å²) in [6.07, 6.45) is 1.54. The topological polar surface area (TPSA) is 80.9 Å². The zero-order valence-corrected chi connectivity index (χ0v) is 11.3. The second-order valence-electron chi connectivity index (χ2n) is 4.46. The number of aromatic nitrogens is 3. The van der Waals surface area contributed by atoms with Gasteiger partial charge >= 0.3 is 6.01 Å². The summed E-state index contributed by atoms with van der Waals surface area (Å²) >= 11 is 0. The number of carbonyl (C=O) groups is 1. The number of nitrogens with zero attached hydrogens (tertiary/aromatic N) is 3. The highest BCUT2D eigenvalue weighted by Crippen LogP contribution is 2.18. The van der Waals surface area contributed by atoms with Crippen molar-refractivity contribution in [3.8, 4) is 11.4 Å². The zero-order chi connectivity index (χ0) is 14.7. The van der Waals surface area contributed by atoms with Gasteiger partial charge in [-0.3, -0.25) is 15.1 Å². The summed E-state index contributed by atoms with van der Waals surface area (Å²) in [6.45, 7) is 2.00. The van der Waals surface area contributed by atoms with Gasteiger partial charge in [-0.15, -0.1) is 0 Å². The molecule has 2 heterocycles. The monoisotopic (exact) mass is 280 g/mol. The summed E-state index contributed by atoms with van der Waals surface area (Å²) in [7, 11) is 0. The van der Waals surface area contributed by atoms with Crippen LogP contribution in [0.5, 0.6) is 0 Å². The number of carbonyl (C=O) groups excluding carboxylic acids is 1. The minimum absolute atomic E-state index is 0.0428. The van der Waals surface area contributed by atoms with E-state index in [2.05, 4.69) is 20.4 Å². The van der Waals surface area contributed by atoms with Crippen molar-refractivity contribution in [2.45, 2.75) is 6.92 Å². The first kappa shape index (κ1) is 13.0. The van der Waals surface area contributed by atoms with Crippen LogP contribution in [0.3, 0.4) is 0 Å². The van der Waals surface area contributed by atoms with Gasteiger partial charge in [0.1, 0.15) is 5.69 Å². The van der Waals surface area contributed by atoms with Crippen LogP contribution in [-0.4, -0.2) is 21.0 Å². The molecule has 3 aromatic rings. The standard InChI is InChI=1S/C15H12N4O2/c1-10-5-7-11(8-6-10)13-17-15(21-19-13)18-14(20)12-4-2-3-9-16-12/h2-9H,1H3,(H,17,18,19,20). The number of hydrogen-bond donors (Lipinski definition) is 1. The van der Waals surface area contributed by atoms with Crippen molar-refractivity contribution in [2.24, 2.45) is 0 Å². The van der Waals surface area contributed by atoms with Crippen LogP contribution in [0.1, 0.15) is 16.1 Å². The molecule has 3 rings (SSSR count). The third-order valence-electron chi connectivity index (χ3n) is 2.85. The number of pyridine rings is 1. The Balaban J connectivity index is 1.76. The lowest BCUT2D eigenvalue weighted by Crippen LogP contribution is -2.13. The number of amides is 1. The Kier molecular flexibility index (Phi) is 3.42. The van der Waals surface area contributed by atoms with Gasteiger partial charge in [-0.1, -0.05) is 41.1 Å². The highest BCUT2D eigenvalue weighted by molar-refractivity contribution is 6.01. The van der Waals surface area contributed by atoms with Gasteiger partial charge in [0.15, 0.2) is 0 Å². The molecule has 0 radical (unpaired) electrons. The molecule has 104 valence electrons. The van der Waals surface area contributed by atoms with Gasteiger partial charge in [0.25, 0.3) is 5.91 Å². The predicted molar refractivity (Wildman–Crippen MR) is 76.7 cm³/mol. The van der Waals surface area contributed by atoms with Crippen LogP contribution in [0.4, 0.5) is 6.01 Å². The van der Waals surface area contributed by atoms with Crippen LogP contribution >= 0.6 is 0 Å². The van der Waals surface area contributed by atoms with E-state index in [0.29, 0.717) is 5.82 Å². The third-order valence-corrected chi connectivity index (χ3v) is 2.85. The van der Waals surface area contributed by atoms with Crippen molar-refractivity contribution in [1.82, 2.24) is 15.1 Å². The average molecular weight is 280 g/mol. The van der Waals surface area contributed by atoms with Crippen LogP contribution in [0.25, 0.3) is 11.4 Å². The second kappa shape index (κ2) is 5.54. The molecular formula is C15H12N4O2. The normalized spacial score (nSPS) is 10.3. The molecule has 1 N–H and O–H groups in total. The molecule has 0 aliphatic rings. The van der Waals surface area contributed by atoms with Crippen molar-refractivity contribution < 1.29 is 9.32 Å². The minimum Gasteiger partial charge on any atom is -0.315 e. The molecule has 6 nitrogen and oxygen atoms in total. The molecule has 0 saturated carbocycles. The van der Waals surface area contributed by atoms with E-state index < -0.39 is 5.91 Å². The third kappa shape index (κ3) is 2.94. The smallest absolute Gasteiger partial charge is 0.315 e. The number of rotatable bonds is 3. The number of aryl methyl sites for hydroxylation is 1. The molecule has 2 aromatic heterocycles. The van der Waals surface area contributed by atoms with E-state index >= 15 is 0 Å². The van der Waals surface area contributed by atoms with Crippen LogP contribution < -0.4 is 5.32 Å². The highest BCUT2D eigenvalue weighted by Gasteiger charge is 2.13.